The smallest absolute Gasteiger partial charge is 0.256 e. The van der Waals surface area contributed by atoms with Crippen LogP contribution in [-0.4, -0.2) is 11.1 Å². The number of hydrogen-bond donors (Lipinski definition) is 2. The van der Waals surface area contributed by atoms with Gasteiger partial charge in [-0.3, -0.25) is 4.79 Å². The number of rotatable bonds is 3. The molecule has 0 saturated heterocycles. The number of amides is 1. The van der Waals surface area contributed by atoms with Crippen molar-refractivity contribution in [2.24, 2.45) is 0 Å². The zero-order chi connectivity index (χ0) is 12.3. The van der Waals surface area contributed by atoms with E-state index in [-0.39, 0.29) is 5.91 Å². The van der Waals surface area contributed by atoms with Crippen LogP contribution in [0.5, 0.6) is 0 Å². The van der Waals surface area contributed by atoms with E-state index in [1.807, 2.05) is 18.2 Å². The van der Waals surface area contributed by atoms with Gasteiger partial charge in [0.05, 0.1) is 6.20 Å². The van der Waals surface area contributed by atoms with E-state index in [1.165, 1.54) is 6.20 Å². The summed E-state index contributed by atoms with van der Waals surface area (Å²) in [7, 11) is 0. The summed E-state index contributed by atoms with van der Waals surface area (Å²) in [6.45, 7) is 2.12. The van der Waals surface area contributed by atoms with Crippen molar-refractivity contribution >= 4 is 11.6 Å². The summed E-state index contributed by atoms with van der Waals surface area (Å²) in [5.41, 5.74) is 7.73. The first kappa shape index (κ1) is 11.2. The molecule has 0 aliphatic carbocycles. The van der Waals surface area contributed by atoms with Crippen molar-refractivity contribution in [2.45, 2.75) is 13.5 Å². The Bertz CT molecular complexity index is 534. The van der Waals surface area contributed by atoms with Crippen molar-refractivity contribution in [3.8, 4) is 0 Å². The zero-order valence-corrected chi connectivity index (χ0v) is 9.43. The van der Waals surface area contributed by atoms with Gasteiger partial charge in [0.1, 0.15) is 11.3 Å². The van der Waals surface area contributed by atoms with Crippen LogP contribution in [0.1, 0.15) is 21.7 Å². The molecule has 0 fully saturated rings. The van der Waals surface area contributed by atoms with Crippen LogP contribution in [0.4, 0.5) is 5.69 Å². The number of nitrogens with two attached hydrogens (primary N) is 1. The Hall–Kier alpha value is -2.30. The molecule has 0 radical (unpaired) electrons. The highest BCUT2D eigenvalue weighted by molar-refractivity contribution is 5.94. The lowest BCUT2D eigenvalue weighted by molar-refractivity contribution is 0.0949. The van der Waals surface area contributed by atoms with Gasteiger partial charge in [-0.05, 0) is 24.6 Å². The predicted octanol–water partition coefficient (Wildman–Crippen LogP) is 1.50. The van der Waals surface area contributed by atoms with Gasteiger partial charge in [-0.15, -0.1) is 0 Å². The van der Waals surface area contributed by atoms with Gasteiger partial charge < -0.3 is 15.6 Å². The third kappa shape index (κ3) is 2.63. The molecule has 0 saturated carbocycles. The maximum Gasteiger partial charge on any atom is 0.256 e. The number of nitrogen functional groups attached to an aromatic ring is 1. The van der Waals surface area contributed by atoms with E-state index in [2.05, 4.69) is 10.5 Å². The van der Waals surface area contributed by atoms with E-state index in [0.29, 0.717) is 23.6 Å². The summed E-state index contributed by atoms with van der Waals surface area (Å²) in [6, 6.07) is 7.37. The highest BCUT2D eigenvalue weighted by Gasteiger charge is 2.11. The van der Waals surface area contributed by atoms with Crippen molar-refractivity contribution in [1.82, 2.24) is 10.5 Å². The average Bonchev–Trinajstić information content (AvgIpc) is 2.72. The molecule has 17 heavy (non-hydrogen) atoms. The van der Waals surface area contributed by atoms with Crippen LogP contribution < -0.4 is 11.1 Å². The standard InChI is InChI=1S/C12H13N3O2/c1-8-11(7-15-17-8)12(16)14-6-9-3-2-4-10(13)5-9/h2-5,7H,6,13H2,1H3,(H,14,16). The van der Waals surface area contributed by atoms with Crippen LogP contribution in [0.2, 0.25) is 0 Å². The highest BCUT2D eigenvalue weighted by atomic mass is 16.5. The molecule has 0 aliphatic heterocycles. The largest absolute Gasteiger partial charge is 0.399 e. The Balaban J connectivity index is 1.99. The monoisotopic (exact) mass is 231 g/mol. The lowest BCUT2D eigenvalue weighted by Crippen LogP contribution is -2.23. The second kappa shape index (κ2) is 4.69. The third-order valence-corrected chi connectivity index (χ3v) is 2.40. The molecule has 2 aromatic rings. The second-order valence-electron chi connectivity index (χ2n) is 3.72. The number of nitrogens with one attached hydrogen (secondary N) is 1. The van der Waals surface area contributed by atoms with Crippen molar-refractivity contribution in [2.75, 3.05) is 5.73 Å². The number of anilines is 1. The molecule has 0 atom stereocenters. The summed E-state index contributed by atoms with van der Waals surface area (Å²) in [6.07, 6.45) is 1.41. The fourth-order valence-electron chi connectivity index (χ4n) is 1.50. The first-order chi connectivity index (χ1) is 8.16. The Morgan fingerprint density at radius 3 is 3.00 bits per heavy atom. The molecule has 2 rings (SSSR count). The van der Waals surface area contributed by atoms with Gasteiger partial charge in [0.2, 0.25) is 0 Å². The van der Waals surface area contributed by atoms with E-state index < -0.39 is 0 Å². The minimum atomic E-state index is -0.203. The fourth-order valence-corrected chi connectivity index (χ4v) is 1.50. The molecule has 5 nitrogen and oxygen atoms in total. The van der Waals surface area contributed by atoms with Crippen molar-refractivity contribution in [3.05, 3.63) is 47.3 Å². The Labute approximate surface area is 98.6 Å². The van der Waals surface area contributed by atoms with Crippen LogP contribution in [0.3, 0.4) is 0 Å². The topological polar surface area (TPSA) is 81.2 Å². The van der Waals surface area contributed by atoms with Gasteiger partial charge in [-0.2, -0.15) is 0 Å². The zero-order valence-electron chi connectivity index (χ0n) is 9.43. The Morgan fingerprint density at radius 2 is 2.35 bits per heavy atom. The molecule has 0 unspecified atom stereocenters. The molecule has 0 bridgehead atoms. The summed E-state index contributed by atoms with van der Waals surface area (Å²) >= 11 is 0. The summed E-state index contributed by atoms with van der Waals surface area (Å²) in [4.78, 5) is 11.7. The number of carbonyl (C=O) groups is 1. The molecule has 0 aliphatic rings. The fraction of sp³-hybridized carbons (Fsp3) is 0.167. The molecule has 5 heteroatoms. The number of benzene rings is 1. The molecule has 3 N–H and O–H groups in total. The van der Waals surface area contributed by atoms with Gasteiger partial charge in [-0.1, -0.05) is 17.3 Å². The minimum Gasteiger partial charge on any atom is -0.399 e. The molecule has 1 aromatic heterocycles. The lowest BCUT2D eigenvalue weighted by atomic mass is 10.2. The van der Waals surface area contributed by atoms with E-state index in [0.717, 1.165) is 5.56 Å². The predicted molar refractivity (Wildman–Crippen MR) is 63.3 cm³/mol. The summed E-state index contributed by atoms with van der Waals surface area (Å²) < 4.78 is 4.83. The van der Waals surface area contributed by atoms with Gasteiger partial charge in [0.25, 0.3) is 5.91 Å². The number of aryl methyl sites for hydroxylation is 1. The normalized spacial score (nSPS) is 10.2. The van der Waals surface area contributed by atoms with Crippen molar-refractivity contribution in [3.63, 3.8) is 0 Å². The van der Waals surface area contributed by atoms with Crippen molar-refractivity contribution < 1.29 is 9.32 Å². The molecule has 1 amide bonds. The van der Waals surface area contributed by atoms with E-state index in [1.54, 1.807) is 13.0 Å². The Kier molecular flexibility index (Phi) is 3.09. The van der Waals surface area contributed by atoms with Crippen molar-refractivity contribution in [1.29, 1.82) is 0 Å². The highest BCUT2D eigenvalue weighted by Crippen LogP contribution is 2.08. The van der Waals surface area contributed by atoms with Gasteiger partial charge in [0, 0.05) is 12.2 Å². The van der Waals surface area contributed by atoms with Crippen LogP contribution in [0, 0.1) is 6.92 Å². The molecular weight excluding hydrogens is 218 g/mol. The van der Waals surface area contributed by atoms with Crippen LogP contribution in [0.15, 0.2) is 35.0 Å². The maximum absolute atomic E-state index is 11.7. The van der Waals surface area contributed by atoms with E-state index >= 15 is 0 Å². The lowest BCUT2D eigenvalue weighted by Gasteiger charge is -2.04. The van der Waals surface area contributed by atoms with Gasteiger partial charge in [-0.25, -0.2) is 0 Å². The number of hydrogen-bond acceptors (Lipinski definition) is 4. The molecule has 88 valence electrons. The van der Waals surface area contributed by atoms with Crippen LogP contribution in [0.25, 0.3) is 0 Å². The Morgan fingerprint density at radius 1 is 1.53 bits per heavy atom. The summed E-state index contributed by atoms with van der Waals surface area (Å²) in [5, 5.41) is 6.33. The minimum absolute atomic E-state index is 0.203. The van der Waals surface area contributed by atoms with Gasteiger partial charge in [0.15, 0.2) is 0 Å². The number of carbonyl (C=O) groups excluding carboxylic acids is 1. The molecule has 1 heterocycles. The second-order valence-corrected chi connectivity index (χ2v) is 3.72. The third-order valence-electron chi connectivity index (χ3n) is 2.40. The average molecular weight is 231 g/mol. The van der Waals surface area contributed by atoms with Crippen LogP contribution >= 0.6 is 0 Å². The first-order valence-electron chi connectivity index (χ1n) is 5.20. The summed E-state index contributed by atoms with van der Waals surface area (Å²) in [5.74, 6) is 0.307. The van der Waals surface area contributed by atoms with Gasteiger partial charge >= 0.3 is 0 Å². The number of aromatic nitrogens is 1. The first-order valence-corrected chi connectivity index (χ1v) is 5.20. The molecular formula is C12H13N3O2. The van der Waals surface area contributed by atoms with Crippen LogP contribution in [-0.2, 0) is 6.54 Å². The number of nitrogens with zero attached hydrogens (tertiary/aromatic N) is 1. The van der Waals surface area contributed by atoms with E-state index in [4.69, 9.17) is 10.3 Å². The molecule has 0 spiro atoms. The quantitative estimate of drug-likeness (QED) is 0.784. The maximum atomic E-state index is 11.7. The molecule has 1 aromatic carbocycles. The van der Waals surface area contributed by atoms with E-state index in [9.17, 15) is 4.79 Å². The SMILES string of the molecule is Cc1oncc1C(=O)NCc1cccc(N)c1.